The van der Waals surface area contributed by atoms with E-state index in [1.807, 2.05) is 48.5 Å². The predicted molar refractivity (Wildman–Crippen MR) is 121 cm³/mol. The third-order valence-electron chi connectivity index (χ3n) is 5.49. The number of ether oxygens (including phenoxy) is 1. The number of fused-ring (bicyclic) bond motifs is 3. The van der Waals surface area contributed by atoms with Crippen molar-refractivity contribution in [3.05, 3.63) is 89.2 Å². The van der Waals surface area contributed by atoms with E-state index in [9.17, 15) is 23.9 Å². The third kappa shape index (κ3) is 4.89. The van der Waals surface area contributed by atoms with Crippen LogP contribution in [0.2, 0.25) is 0 Å². The lowest BCUT2D eigenvalue weighted by Gasteiger charge is -2.15. The molecule has 1 aliphatic carbocycles. The van der Waals surface area contributed by atoms with Crippen LogP contribution in [0.15, 0.2) is 66.7 Å². The van der Waals surface area contributed by atoms with E-state index in [4.69, 9.17) is 9.84 Å². The zero-order valence-electron chi connectivity index (χ0n) is 17.8. The van der Waals surface area contributed by atoms with Gasteiger partial charge in [0.2, 0.25) is 0 Å². The van der Waals surface area contributed by atoms with Gasteiger partial charge in [-0.3, -0.25) is 10.1 Å². The molecule has 9 heteroatoms. The zero-order valence-corrected chi connectivity index (χ0v) is 17.8. The summed E-state index contributed by atoms with van der Waals surface area (Å²) in [4.78, 5) is 35.2. The van der Waals surface area contributed by atoms with E-state index in [1.165, 1.54) is 6.07 Å². The summed E-state index contributed by atoms with van der Waals surface area (Å²) in [7, 11) is 0. The largest absolute Gasteiger partial charge is 0.479 e. The summed E-state index contributed by atoms with van der Waals surface area (Å²) in [5.74, 6) is -3.25. The minimum Gasteiger partial charge on any atom is -0.479 e. The Labute approximate surface area is 194 Å². The number of carboxylic acid groups (broad SMARTS) is 1. The average Bonchev–Trinajstić information content (AvgIpc) is 3.14. The summed E-state index contributed by atoms with van der Waals surface area (Å²) in [6.45, 7) is -0.491. The Morgan fingerprint density at radius 1 is 0.971 bits per heavy atom. The second kappa shape index (κ2) is 9.72. The Balaban J connectivity index is 1.41. The fourth-order valence-electron chi connectivity index (χ4n) is 3.92. The molecule has 1 aliphatic rings. The number of hydrogen-bond donors (Lipinski definition) is 4. The number of benzene rings is 3. The summed E-state index contributed by atoms with van der Waals surface area (Å²) < 4.78 is 19.4. The number of carbonyl (C=O) groups excluding carboxylic acids is 2. The molecule has 0 bridgehead atoms. The van der Waals surface area contributed by atoms with Crippen molar-refractivity contribution in [1.29, 1.82) is 0 Å². The number of aliphatic hydroxyl groups excluding tert-OH is 1. The number of amides is 2. The summed E-state index contributed by atoms with van der Waals surface area (Å²) in [5.41, 5.74) is 4.09. The van der Waals surface area contributed by atoms with Crippen LogP contribution in [0.3, 0.4) is 0 Å². The maximum Gasteiger partial charge on any atom is 0.411 e. The fourth-order valence-corrected chi connectivity index (χ4v) is 3.92. The molecule has 0 fully saturated rings. The summed E-state index contributed by atoms with van der Waals surface area (Å²) >= 11 is 0. The monoisotopic (exact) mass is 464 g/mol. The lowest BCUT2D eigenvalue weighted by Crippen LogP contribution is -2.36. The van der Waals surface area contributed by atoms with Gasteiger partial charge >= 0.3 is 12.1 Å². The van der Waals surface area contributed by atoms with Crippen LogP contribution in [0.1, 0.15) is 27.4 Å². The standard InChI is InChI=1S/C25H21FN2O6/c26-15-9-14(23(30)27-12-22(29)24(31)32)10-16(11-15)28-25(33)34-13-21-19-7-3-1-5-17(19)18-6-2-4-8-20(18)21/h1-11,21-22,29H,12-13H2,(H,27,30)(H,28,33)(H,31,32). The van der Waals surface area contributed by atoms with Crippen LogP contribution in [-0.2, 0) is 9.53 Å². The Kier molecular flexibility index (Phi) is 6.55. The van der Waals surface area contributed by atoms with Gasteiger partial charge in [0.15, 0.2) is 6.10 Å². The molecule has 3 aromatic rings. The molecule has 1 unspecified atom stereocenters. The lowest BCUT2D eigenvalue weighted by atomic mass is 9.98. The van der Waals surface area contributed by atoms with Crippen LogP contribution in [0.25, 0.3) is 11.1 Å². The minimum atomic E-state index is -1.80. The smallest absolute Gasteiger partial charge is 0.411 e. The summed E-state index contributed by atoms with van der Waals surface area (Å²) in [6.07, 6.45) is -2.61. The number of carbonyl (C=O) groups is 3. The molecule has 0 heterocycles. The molecule has 4 N–H and O–H groups in total. The van der Waals surface area contributed by atoms with Gasteiger partial charge in [0, 0.05) is 17.2 Å². The highest BCUT2D eigenvalue weighted by Crippen LogP contribution is 2.44. The van der Waals surface area contributed by atoms with Crippen LogP contribution >= 0.6 is 0 Å². The minimum absolute atomic E-state index is 0.0128. The first-order chi connectivity index (χ1) is 16.3. The Morgan fingerprint density at radius 3 is 2.21 bits per heavy atom. The van der Waals surface area contributed by atoms with E-state index in [0.717, 1.165) is 34.4 Å². The van der Waals surface area contributed by atoms with Crippen LogP contribution < -0.4 is 10.6 Å². The molecule has 0 saturated carbocycles. The van der Waals surface area contributed by atoms with Crippen LogP contribution in [0, 0.1) is 5.82 Å². The highest BCUT2D eigenvalue weighted by atomic mass is 19.1. The quantitative estimate of drug-likeness (QED) is 0.425. The van der Waals surface area contributed by atoms with Gasteiger partial charge in [-0.05, 0) is 40.5 Å². The molecule has 0 spiro atoms. The second-order valence-corrected chi connectivity index (χ2v) is 7.74. The first kappa shape index (κ1) is 22.9. The molecule has 0 aromatic heterocycles. The Morgan fingerprint density at radius 2 is 1.59 bits per heavy atom. The van der Waals surface area contributed by atoms with Crippen molar-refractivity contribution in [2.24, 2.45) is 0 Å². The Bertz CT molecular complexity index is 1220. The predicted octanol–water partition coefficient (Wildman–Crippen LogP) is 3.36. The van der Waals surface area contributed by atoms with Crippen molar-refractivity contribution in [1.82, 2.24) is 5.32 Å². The normalized spacial score (nSPS) is 12.9. The van der Waals surface area contributed by atoms with Crippen molar-refractivity contribution < 1.29 is 33.7 Å². The van der Waals surface area contributed by atoms with Gasteiger partial charge in [-0.2, -0.15) is 0 Å². The van der Waals surface area contributed by atoms with E-state index in [1.54, 1.807) is 0 Å². The second-order valence-electron chi connectivity index (χ2n) is 7.74. The number of anilines is 1. The maximum absolute atomic E-state index is 14.0. The molecule has 174 valence electrons. The van der Waals surface area contributed by atoms with Crippen molar-refractivity contribution in [3.63, 3.8) is 0 Å². The molecule has 0 aliphatic heterocycles. The van der Waals surface area contributed by atoms with E-state index < -0.39 is 36.4 Å². The van der Waals surface area contributed by atoms with E-state index >= 15 is 0 Å². The third-order valence-corrected chi connectivity index (χ3v) is 5.49. The molecule has 0 radical (unpaired) electrons. The molecular weight excluding hydrogens is 443 g/mol. The van der Waals surface area contributed by atoms with Crippen molar-refractivity contribution >= 4 is 23.7 Å². The number of halogens is 1. The molecular formula is C25H21FN2O6. The molecule has 34 heavy (non-hydrogen) atoms. The van der Waals surface area contributed by atoms with Gasteiger partial charge in [-0.1, -0.05) is 48.5 Å². The topological polar surface area (TPSA) is 125 Å². The highest BCUT2D eigenvalue weighted by Gasteiger charge is 2.29. The summed E-state index contributed by atoms with van der Waals surface area (Å²) in [5, 5.41) is 22.5. The number of rotatable bonds is 7. The number of nitrogens with one attached hydrogen (secondary N) is 2. The molecule has 3 aromatic carbocycles. The zero-order chi connectivity index (χ0) is 24.2. The van der Waals surface area contributed by atoms with Gasteiger partial charge in [-0.15, -0.1) is 0 Å². The number of aliphatic carboxylic acids is 1. The molecule has 4 rings (SSSR count). The number of hydrogen-bond acceptors (Lipinski definition) is 5. The van der Waals surface area contributed by atoms with Crippen molar-refractivity contribution in [2.75, 3.05) is 18.5 Å². The van der Waals surface area contributed by atoms with E-state index in [0.29, 0.717) is 0 Å². The molecule has 2 amide bonds. The van der Waals surface area contributed by atoms with Gasteiger partial charge < -0.3 is 20.3 Å². The van der Waals surface area contributed by atoms with Gasteiger partial charge in [0.1, 0.15) is 12.4 Å². The SMILES string of the molecule is O=C(Nc1cc(F)cc(C(=O)NCC(O)C(=O)O)c1)OCC1c2ccccc2-c2ccccc21. The Hall–Kier alpha value is -4.24. The maximum atomic E-state index is 14.0. The van der Waals surface area contributed by atoms with Crippen LogP contribution in [0.4, 0.5) is 14.9 Å². The van der Waals surface area contributed by atoms with E-state index in [2.05, 4.69) is 10.6 Å². The number of carboxylic acids is 1. The van der Waals surface area contributed by atoms with Gasteiger partial charge in [0.05, 0.1) is 6.54 Å². The van der Waals surface area contributed by atoms with Crippen molar-refractivity contribution in [2.45, 2.75) is 12.0 Å². The average molecular weight is 464 g/mol. The molecule has 1 atom stereocenters. The summed E-state index contributed by atoms with van der Waals surface area (Å²) in [6, 6.07) is 18.9. The number of aliphatic hydroxyl groups is 1. The van der Waals surface area contributed by atoms with Gasteiger partial charge in [0.25, 0.3) is 5.91 Å². The van der Waals surface area contributed by atoms with E-state index in [-0.39, 0.29) is 23.8 Å². The molecule has 8 nitrogen and oxygen atoms in total. The van der Waals surface area contributed by atoms with Crippen LogP contribution in [0.5, 0.6) is 0 Å². The molecule has 0 saturated heterocycles. The van der Waals surface area contributed by atoms with Crippen LogP contribution in [-0.4, -0.2) is 47.4 Å². The first-order valence-electron chi connectivity index (χ1n) is 10.4. The van der Waals surface area contributed by atoms with Crippen molar-refractivity contribution in [3.8, 4) is 11.1 Å². The highest BCUT2D eigenvalue weighted by molar-refractivity contribution is 5.96. The van der Waals surface area contributed by atoms with Gasteiger partial charge in [-0.25, -0.2) is 14.0 Å². The lowest BCUT2D eigenvalue weighted by molar-refractivity contribution is -0.146. The fraction of sp³-hybridized carbons (Fsp3) is 0.160. The first-order valence-corrected chi connectivity index (χ1v) is 10.4.